The molecule has 0 fully saturated rings. The normalized spacial score (nSPS) is 10.0. The first-order valence-corrected chi connectivity index (χ1v) is 11.1. The van der Waals surface area contributed by atoms with Crippen molar-refractivity contribution >= 4 is 66.6 Å². The fraction of sp³-hybridized carbons (Fsp3) is 0.0500. The van der Waals surface area contributed by atoms with Gasteiger partial charge in [-0.05, 0) is 48.5 Å². The molecule has 0 aliphatic heterocycles. The lowest BCUT2D eigenvalue weighted by molar-refractivity contribution is -0.387. The van der Waals surface area contributed by atoms with Crippen molar-refractivity contribution in [2.24, 2.45) is 0 Å². The van der Waals surface area contributed by atoms with Crippen molar-refractivity contribution in [1.29, 1.82) is 0 Å². The first kappa shape index (κ1) is 25.4. The molecule has 3 aromatic carbocycles. The summed E-state index contributed by atoms with van der Waals surface area (Å²) in [7, 11) is 0. The van der Waals surface area contributed by atoms with Gasteiger partial charge in [0.15, 0.2) is 0 Å². The first-order valence-electron chi connectivity index (χ1n) is 8.65. The van der Waals surface area contributed by atoms with Gasteiger partial charge in [0.2, 0.25) is 11.7 Å². The Morgan fingerprint density at radius 1 is 0.906 bits per heavy atom. The third-order valence-electron chi connectivity index (χ3n) is 3.63. The van der Waals surface area contributed by atoms with Gasteiger partial charge in [0.25, 0.3) is 5.69 Å². The van der Waals surface area contributed by atoms with Crippen molar-refractivity contribution in [1.82, 2.24) is 0 Å². The third-order valence-corrected chi connectivity index (χ3v) is 5.69. The molecule has 0 unspecified atom stereocenters. The standard InChI is InChI=1S/C14H11BrN2O3S.C6H3BrFNO2/c1-9(18)16-11-3-5-12(6-4-11)21-14-7-2-10(15)8-13(14)17(19)20;7-4-1-2-6(9(10)11)5(8)3-4/h2-8H,1H3,(H,16,18);1-3H. The van der Waals surface area contributed by atoms with E-state index in [1.807, 2.05) is 12.1 Å². The predicted octanol–water partition coefficient (Wildman–Crippen LogP) is 6.96. The molecule has 0 radical (unpaired) electrons. The van der Waals surface area contributed by atoms with E-state index in [1.165, 1.54) is 30.8 Å². The number of anilines is 1. The van der Waals surface area contributed by atoms with Gasteiger partial charge in [-0.25, -0.2) is 0 Å². The largest absolute Gasteiger partial charge is 0.326 e. The number of hydrogen-bond acceptors (Lipinski definition) is 6. The van der Waals surface area contributed by atoms with Crippen LogP contribution < -0.4 is 5.32 Å². The molecule has 3 rings (SSSR count). The second-order valence-electron chi connectivity index (χ2n) is 6.03. The van der Waals surface area contributed by atoms with Crippen molar-refractivity contribution in [2.75, 3.05) is 5.32 Å². The first-order chi connectivity index (χ1) is 15.1. The number of hydrogen-bond donors (Lipinski definition) is 1. The maximum atomic E-state index is 12.6. The lowest BCUT2D eigenvalue weighted by Crippen LogP contribution is -2.05. The molecule has 0 bridgehead atoms. The number of benzene rings is 3. The lowest BCUT2D eigenvalue weighted by Gasteiger charge is -2.05. The summed E-state index contributed by atoms with van der Waals surface area (Å²) >= 11 is 7.51. The fourth-order valence-corrected chi connectivity index (χ4v) is 3.87. The van der Waals surface area contributed by atoms with E-state index < -0.39 is 21.4 Å². The van der Waals surface area contributed by atoms with Crippen molar-refractivity contribution in [2.45, 2.75) is 16.7 Å². The van der Waals surface area contributed by atoms with Crippen LogP contribution in [-0.2, 0) is 4.79 Å². The molecule has 32 heavy (non-hydrogen) atoms. The Bertz CT molecular complexity index is 1160. The molecule has 1 amide bonds. The Balaban J connectivity index is 0.000000278. The number of nitrogens with zero attached hydrogens (tertiary/aromatic N) is 2. The number of halogens is 3. The Morgan fingerprint density at radius 3 is 2.00 bits per heavy atom. The quantitative estimate of drug-likeness (QED) is 0.255. The fourth-order valence-electron chi connectivity index (χ4n) is 2.29. The third kappa shape index (κ3) is 7.70. The number of amides is 1. The number of carbonyl (C=O) groups is 1. The minimum Gasteiger partial charge on any atom is -0.326 e. The van der Waals surface area contributed by atoms with Crippen LogP contribution >= 0.6 is 43.6 Å². The lowest BCUT2D eigenvalue weighted by atomic mass is 10.3. The second kappa shape index (κ2) is 11.7. The zero-order valence-electron chi connectivity index (χ0n) is 16.3. The van der Waals surface area contributed by atoms with E-state index in [0.717, 1.165) is 17.0 Å². The summed E-state index contributed by atoms with van der Waals surface area (Å²) in [6.07, 6.45) is 0. The summed E-state index contributed by atoms with van der Waals surface area (Å²) in [5, 5.41) is 23.8. The highest BCUT2D eigenvalue weighted by atomic mass is 79.9. The van der Waals surface area contributed by atoms with Crippen molar-refractivity contribution < 1.29 is 19.0 Å². The van der Waals surface area contributed by atoms with Crippen LogP contribution in [-0.4, -0.2) is 15.8 Å². The number of nitrogens with one attached hydrogen (secondary N) is 1. The van der Waals surface area contributed by atoms with Crippen LogP contribution in [0, 0.1) is 26.0 Å². The monoisotopic (exact) mass is 585 g/mol. The SMILES string of the molecule is CC(=O)Nc1ccc(Sc2ccc(Br)cc2[N+](=O)[O-])cc1.O=[N+]([O-])c1ccc(Br)cc1F. The number of carbonyl (C=O) groups excluding carboxylic acids is 1. The van der Waals surface area contributed by atoms with Crippen molar-refractivity contribution in [3.05, 3.63) is 95.7 Å². The highest BCUT2D eigenvalue weighted by Crippen LogP contribution is 2.36. The molecule has 0 aromatic heterocycles. The van der Waals surface area contributed by atoms with Crippen molar-refractivity contribution in [3.8, 4) is 0 Å². The Morgan fingerprint density at radius 2 is 1.47 bits per heavy atom. The number of nitro groups is 2. The highest BCUT2D eigenvalue weighted by molar-refractivity contribution is 9.10. The van der Waals surface area contributed by atoms with E-state index in [4.69, 9.17) is 0 Å². The molecule has 0 heterocycles. The average molecular weight is 587 g/mol. The van der Waals surface area contributed by atoms with E-state index >= 15 is 0 Å². The molecule has 0 saturated carbocycles. The molecular weight excluding hydrogens is 573 g/mol. The van der Waals surface area contributed by atoms with Crippen molar-refractivity contribution in [3.63, 3.8) is 0 Å². The molecule has 1 N–H and O–H groups in total. The summed E-state index contributed by atoms with van der Waals surface area (Å²) in [5.41, 5.74) is 0.241. The van der Waals surface area contributed by atoms with Gasteiger partial charge in [-0.3, -0.25) is 25.0 Å². The second-order valence-corrected chi connectivity index (χ2v) is 8.98. The van der Waals surface area contributed by atoms with Crippen LogP contribution in [0.4, 0.5) is 21.5 Å². The van der Waals surface area contributed by atoms with Gasteiger partial charge >= 0.3 is 5.69 Å². The maximum absolute atomic E-state index is 12.6. The topological polar surface area (TPSA) is 115 Å². The summed E-state index contributed by atoms with van der Waals surface area (Å²) < 4.78 is 13.8. The summed E-state index contributed by atoms with van der Waals surface area (Å²) in [4.78, 5) is 32.3. The minimum absolute atomic E-state index is 0.0558. The Hall–Kier alpha value is -2.83. The highest BCUT2D eigenvalue weighted by Gasteiger charge is 2.15. The molecule has 0 aliphatic carbocycles. The van der Waals surface area contributed by atoms with Gasteiger partial charge < -0.3 is 5.32 Å². The zero-order chi connectivity index (χ0) is 23.8. The van der Waals surface area contributed by atoms with E-state index in [0.29, 0.717) is 19.5 Å². The van der Waals surface area contributed by atoms with Crippen LogP contribution in [0.15, 0.2) is 79.4 Å². The Labute approximate surface area is 202 Å². The predicted molar refractivity (Wildman–Crippen MR) is 126 cm³/mol. The zero-order valence-corrected chi connectivity index (χ0v) is 20.2. The molecule has 8 nitrogen and oxygen atoms in total. The van der Waals surface area contributed by atoms with E-state index in [1.54, 1.807) is 24.3 Å². The molecule has 0 aliphatic rings. The van der Waals surface area contributed by atoms with E-state index in [9.17, 15) is 29.4 Å². The van der Waals surface area contributed by atoms with Gasteiger partial charge in [-0.15, -0.1) is 0 Å². The van der Waals surface area contributed by atoms with Crippen LogP contribution in [0.3, 0.4) is 0 Å². The average Bonchev–Trinajstić information content (AvgIpc) is 2.70. The summed E-state index contributed by atoms with van der Waals surface area (Å²) in [6.45, 7) is 1.44. The molecule has 0 spiro atoms. The Kier molecular flexibility index (Phi) is 9.29. The van der Waals surface area contributed by atoms with Crippen LogP contribution in [0.5, 0.6) is 0 Å². The summed E-state index contributed by atoms with van der Waals surface area (Å²) in [6, 6.07) is 15.7. The number of nitro benzene ring substituents is 2. The molecule has 166 valence electrons. The number of rotatable bonds is 5. The minimum atomic E-state index is -0.829. The molecule has 0 atom stereocenters. The maximum Gasteiger partial charge on any atom is 0.304 e. The van der Waals surface area contributed by atoms with E-state index in [2.05, 4.69) is 37.2 Å². The molecule has 0 saturated heterocycles. The van der Waals surface area contributed by atoms with Gasteiger partial charge in [0, 0.05) is 38.6 Å². The van der Waals surface area contributed by atoms with Crippen LogP contribution in [0.2, 0.25) is 0 Å². The smallest absolute Gasteiger partial charge is 0.304 e. The molecule has 12 heteroatoms. The van der Waals surface area contributed by atoms with Gasteiger partial charge in [0.05, 0.1) is 14.7 Å². The molecule has 3 aromatic rings. The van der Waals surface area contributed by atoms with Gasteiger partial charge in [0.1, 0.15) is 0 Å². The molecular formula is C20H14Br2FN3O5S. The van der Waals surface area contributed by atoms with Gasteiger partial charge in [-0.1, -0.05) is 43.6 Å². The van der Waals surface area contributed by atoms with Crippen LogP contribution in [0.1, 0.15) is 6.92 Å². The summed E-state index contributed by atoms with van der Waals surface area (Å²) in [5.74, 6) is -0.969. The van der Waals surface area contributed by atoms with Crippen LogP contribution in [0.25, 0.3) is 0 Å². The van der Waals surface area contributed by atoms with Gasteiger partial charge in [-0.2, -0.15) is 4.39 Å². The van der Waals surface area contributed by atoms with E-state index in [-0.39, 0.29) is 11.6 Å².